The van der Waals surface area contributed by atoms with Crippen LogP contribution in [0.5, 0.6) is 0 Å². The minimum Gasteiger partial charge on any atom is -0.355 e. The van der Waals surface area contributed by atoms with Gasteiger partial charge in [0.05, 0.1) is 6.54 Å². The normalized spacial score (nSPS) is 19.2. The van der Waals surface area contributed by atoms with Gasteiger partial charge in [0.25, 0.3) is 0 Å². The molecule has 0 atom stereocenters. The Hall–Kier alpha value is -0.610. The summed E-state index contributed by atoms with van der Waals surface area (Å²) in [5, 5.41) is 2.97. The average molecular weight is 255 g/mol. The Kier molecular flexibility index (Phi) is 6.09. The van der Waals surface area contributed by atoms with Crippen LogP contribution in [0.2, 0.25) is 0 Å². The van der Waals surface area contributed by atoms with Crippen LogP contribution in [0, 0.1) is 5.92 Å². The largest absolute Gasteiger partial charge is 0.355 e. The number of nitrogens with two attached hydrogens (primary N) is 1. The molecule has 1 saturated carbocycles. The Balaban J connectivity index is 2.46. The van der Waals surface area contributed by atoms with Gasteiger partial charge in [0.15, 0.2) is 0 Å². The third kappa shape index (κ3) is 4.25. The number of nitrogens with one attached hydrogen (secondary N) is 1. The molecule has 4 nitrogen and oxygen atoms in total. The fourth-order valence-corrected chi connectivity index (χ4v) is 2.71. The molecule has 1 fully saturated rings. The highest BCUT2D eigenvalue weighted by atomic mass is 16.2. The second kappa shape index (κ2) is 7.10. The van der Waals surface area contributed by atoms with Crippen molar-refractivity contribution in [2.45, 2.75) is 51.5 Å². The fraction of sp³-hybridized carbons (Fsp3) is 0.929. The van der Waals surface area contributed by atoms with E-state index in [1.807, 2.05) is 7.05 Å². The van der Waals surface area contributed by atoms with E-state index in [1.165, 1.54) is 19.3 Å². The fourth-order valence-electron chi connectivity index (χ4n) is 2.71. The molecular weight excluding hydrogens is 226 g/mol. The third-order valence-electron chi connectivity index (χ3n) is 4.06. The summed E-state index contributed by atoms with van der Waals surface area (Å²) in [4.78, 5) is 14.0. The summed E-state index contributed by atoms with van der Waals surface area (Å²) in [6.07, 6.45) is 6.01. The number of likely N-dealkylation sites (N-methyl/N-ethyl adjacent to an activating group) is 1. The van der Waals surface area contributed by atoms with Gasteiger partial charge >= 0.3 is 0 Å². The van der Waals surface area contributed by atoms with E-state index in [9.17, 15) is 4.79 Å². The van der Waals surface area contributed by atoms with E-state index in [2.05, 4.69) is 24.1 Å². The van der Waals surface area contributed by atoms with E-state index in [0.717, 1.165) is 19.4 Å². The molecule has 1 rings (SSSR count). The van der Waals surface area contributed by atoms with E-state index in [1.54, 1.807) is 0 Å². The summed E-state index contributed by atoms with van der Waals surface area (Å²) in [6, 6.07) is 0. The molecule has 3 N–H and O–H groups in total. The van der Waals surface area contributed by atoms with Gasteiger partial charge in [-0.15, -0.1) is 0 Å². The Morgan fingerprint density at radius 1 is 1.33 bits per heavy atom. The summed E-state index contributed by atoms with van der Waals surface area (Å²) in [5.74, 6) is 0.613. The molecule has 0 saturated heterocycles. The summed E-state index contributed by atoms with van der Waals surface area (Å²) in [5.41, 5.74) is 6.01. The number of rotatable bonds is 6. The highest BCUT2D eigenvalue weighted by Crippen LogP contribution is 2.31. The zero-order valence-corrected chi connectivity index (χ0v) is 12.2. The monoisotopic (exact) mass is 255 g/mol. The quantitative estimate of drug-likeness (QED) is 0.753. The van der Waals surface area contributed by atoms with E-state index in [0.29, 0.717) is 19.0 Å². The van der Waals surface area contributed by atoms with Crippen LogP contribution in [0.3, 0.4) is 0 Å². The zero-order chi connectivity index (χ0) is 13.6. The molecule has 0 aromatic heterocycles. The zero-order valence-electron chi connectivity index (χ0n) is 12.2. The van der Waals surface area contributed by atoms with E-state index < -0.39 is 0 Å². The first-order chi connectivity index (χ1) is 8.50. The van der Waals surface area contributed by atoms with Crippen molar-refractivity contribution in [3.8, 4) is 0 Å². The Labute approximate surface area is 111 Å². The molecule has 1 amide bonds. The number of nitrogens with zero attached hydrogens (tertiary/aromatic N) is 1. The second-order valence-electron chi connectivity index (χ2n) is 6.04. The molecule has 4 heteroatoms. The van der Waals surface area contributed by atoms with Gasteiger partial charge in [0, 0.05) is 18.6 Å². The Bertz CT molecular complexity index is 260. The van der Waals surface area contributed by atoms with Crippen LogP contribution in [-0.4, -0.2) is 43.0 Å². The van der Waals surface area contributed by atoms with Gasteiger partial charge < -0.3 is 11.1 Å². The molecule has 106 valence electrons. The third-order valence-corrected chi connectivity index (χ3v) is 4.06. The lowest BCUT2D eigenvalue weighted by Crippen LogP contribution is -2.55. The van der Waals surface area contributed by atoms with Crippen LogP contribution in [0.15, 0.2) is 0 Å². The van der Waals surface area contributed by atoms with Crippen molar-refractivity contribution in [3.63, 3.8) is 0 Å². The number of amides is 1. The van der Waals surface area contributed by atoms with Gasteiger partial charge in [-0.3, -0.25) is 9.69 Å². The van der Waals surface area contributed by atoms with Crippen LogP contribution < -0.4 is 11.1 Å². The molecule has 0 spiro atoms. The molecule has 0 heterocycles. The van der Waals surface area contributed by atoms with Crippen molar-refractivity contribution < 1.29 is 4.79 Å². The first kappa shape index (κ1) is 15.4. The topological polar surface area (TPSA) is 58.4 Å². The van der Waals surface area contributed by atoms with Crippen molar-refractivity contribution in [1.29, 1.82) is 0 Å². The van der Waals surface area contributed by atoms with Crippen molar-refractivity contribution in [1.82, 2.24) is 10.2 Å². The molecule has 1 aliphatic carbocycles. The van der Waals surface area contributed by atoms with Crippen LogP contribution in [-0.2, 0) is 4.79 Å². The van der Waals surface area contributed by atoms with Gasteiger partial charge in [-0.1, -0.05) is 33.1 Å². The minimum absolute atomic E-state index is 0.0490. The second-order valence-corrected chi connectivity index (χ2v) is 6.04. The number of hydrogen-bond acceptors (Lipinski definition) is 3. The van der Waals surface area contributed by atoms with Gasteiger partial charge in [-0.25, -0.2) is 0 Å². The predicted octanol–water partition coefficient (Wildman–Crippen LogP) is 1.35. The molecule has 0 aromatic carbocycles. The van der Waals surface area contributed by atoms with Crippen LogP contribution in [0.4, 0.5) is 0 Å². The number of hydrogen-bond donors (Lipinski definition) is 2. The van der Waals surface area contributed by atoms with Crippen LogP contribution in [0.25, 0.3) is 0 Å². The maximum absolute atomic E-state index is 11.9. The first-order valence-corrected chi connectivity index (χ1v) is 7.18. The van der Waals surface area contributed by atoms with E-state index in [4.69, 9.17) is 5.73 Å². The molecule has 0 bridgehead atoms. The van der Waals surface area contributed by atoms with Gasteiger partial charge in [0.1, 0.15) is 0 Å². The molecule has 0 aliphatic heterocycles. The van der Waals surface area contributed by atoms with Gasteiger partial charge in [-0.05, 0) is 25.8 Å². The molecular formula is C14H29N3O. The van der Waals surface area contributed by atoms with E-state index in [-0.39, 0.29) is 11.4 Å². The van der Waals surface area contributed by atoms with Gasteiger partial charge in [-0.2, -0.15) is 0 Å². The SMILES string of the molecule is CC(C)CNC(=O)CN(C)C1(CN)CCCCC1. The van der Waals surface area contributed by atoms with Crippen LogP contribution >= 0.6 is 0 Å². The standard InChI is InChI=1S/C14H29N3O/c1-12(2)9-16-13(18)10-17(3)14(11-15)7-5-4-6-8-14/h12H,4-11,15H2,1-3H3,(H,16,18). The minimum atomic E-state index is 0.0490. The number of carbonyl (C=O) groups is 1. The van der Waals surface area contributed by atoms with Crippen LogP contribution in [0.1, 0.15) is 46.0 Å². The molecule has 0 unspecified atom stereocenters. The lowest BCUT2D eigenvalue weighted by Gasteiger charge is -2.43. The van der Waals surface area contributed by atoms with Crippen molar-refractivity contribution in [2.24, 2.45) is 11.7 Å². The first-order valence-electron chi connectivity index (χ1n) is 7.18. The van der Waals surface area contributed by atoms with Crippen molar-refractivity contribution in [2.75, 3.05) is 26.7 Å². The Morgan fingerprint density at radius 3 is 2.44 bits per heavy atom. The maximum Gasteiger partial charge on any atom is 0.234 e. The lowest BCUT2D eigenvalue weighted by atomic mass is 9.80. The molecule has 1 aliphatic rings. The highest BCUT2D eigenvalue weighted by Gasteiger charge is 2.35. The van der Waals surface area contributed by atoms with Crippen molar-refractivity contribution in [3.05, 3.63) is 0 Å². The van der Waals surface area contributed by atoms with Gasteiger partial charge in [0.2, 0.25) is 5.91 Å². The van der Waals surface area contributed by atoms with Crippen molar-refractivity contribution >= 4 is 5.91 Å². The molecule has 0 radical (unpaired) electrons. The summed E-state index contributed by atoms with van der Waals surface area (Å²) in [7, 11) is 2.03. The molecule has 18 heavy (non-hydrogen) atoms. The summed E-state index contributed by atoms with van der Waals surface area (Å²) in [6.45, 7) is 6.08. The predicted molar refractivity (Wildman–Crippen MR) is 75.3 cm³/mol. The lowest BCUT2D eigenvalue weighted by molar-refractivity contribution is -0.123. The highest BCUT2D eigenvalue weighted by molar-refractivity contribution is 5.78. The average Bonchev–Trinajstić information content (AvgIpc) is 2.37. The summed E-state index contributed by atoms with van der Waals surface area (Å²) < 4.78 is 0. The maximum atomic E-state index is 11.9. The number of carbonyl (C=O) groups excluding carboxylic acids is 1. The summed E-state index contributed by atoms with van der Waals surface area (Å²) >= 11 is 0. The Morgan fingerprint density at radius 2 is 1.94 bits per heavy atom. The van der Waals surface area contributed by atoms with E-state index >= 15 is 0 Å². The smallest absolute Gasteiger partial charge is 0.234 e. The molecule has 0 aromatic rings.